The van der Waals surface area contributed by atoms with E-state index in [2.05, 4.69) is 10.3 Å². The molecule has 0 aliphatic rings. The number of aryl methyl sites for hydroxylation is 2. The number of amides is 2. The highest BCUT2D eigenvalue weighted by Crippen LogP contribution is 2.24. The zero-order valence-corrected chi connectivity index (χ0v) is 10.9. The van der Waals surface area contributed by atoms with Crippen LogP contribution in [0.15, 0.2) is 6.07 Å². The fourth-order valence-corrected chi connectivity index (χ4v) is 1.72. The molecule has 0 bridgehead atoms. The number of aliphatic hydroxyl groups excluding tert-OH is 1. The van der Waals surface area contributed by atoms with Crippen molar-refractivity contribution < 1.29 is 9.90 Å². The normalized spacial score (nSPS) is 10.2. The highest BCUT2D eigenvalue weighted by molar-refractivity contribution is 6.32. The zero-order valence-electron chi connectivity index (χ0n) is 10.1. The summed E-state index contributed by atoms with van der Waals surface area (Å²) in [6.07, 6.45) is 0. The number of hydrogen-bond donors (Lipinski definition) is 2. The topological polar surface area (TPSA) is 65.5 Å². The van der Waals surface area contributed by atoms with Gasteiger partial charge in [0.25, 0.3) is 0 Å². The number of aromatic nitrogens is 1. The molecule has 1 heterocycles. The molecule has 0 radical (unpaired) electrons. The Hall–Kier alpha value is -1.33. The van der Waals surface area contributed by atoms with Gasteiger partial charge in [-0.3, -0.25) is 0 Å². The van der Waals surface area contributed by atoms with Gasteiger partial charge in [-0.1, -0.05) is 11.6 Å². The van der Waals surface area contributed by atoms with E-state index >= 15 is 0 Å². The van der Waals surface area contributed by atoms with Crippen LogP contribution in [0.5, 0.6) is 0 Å². The van der Waals surface area contributed by atoms with Crippen molar-refractivity contribution in [3.8, 4) is 0 Å². The third-order valence-corrected chi connectivity index (χ3v) is 2.59. The second-order valence-electron chi connectivity index (χ2n) is 3.82. The number of aliphatic hydroxyl groups is 1. The molecular formula is C11H16ClN3O2. The maximum absolute atomic E-state index is 11.7. The van der Waals surface area contributed by atoms with Gasteiger partial charge < -0.3 is 15.3 Å². The van der Waals surface area contributed by atoms with Crippen molar-refractivity contribution in [3.63, 3.8) is 0 Å². The third-order valence-electron chi connectivity index (χ3n) is 2.31. The first kappa shape index (κ1) is 13.7. The second-order valence-corrected chi connectivity index (χ2v) is 4.18. The van der Waals surface area contributed by atoms with E-state index in [-0.39, 0.29) is 24.3 Å². The lowest BCUT2D eigenvalue weighted by molar-refractivity contribution is 0.202. The molecule has 6 heteroatoms. The average Bonchev–Trinajstić information content (AvgIpc) is 2.23. The van der Waals surface area contributed by atoms with E-state index < -0.39 is 0 Å². The molecule has 5 nitrogen and oxygen atoms in total. The molecule has 0 aliphatic carbocycles. The van der Waals surface area contributed by atoms with E-state index in [9.17, 15) is 4.79 Å². The van der Waals surface area contributed by atoms with Crippen LogP contribution in [0.2, 0.25) is 5.15 Å². The van der Waals surface area contributed by atoms with Crippen LogP contribution >= 0.6 is 11.6 Å². The minimum absolute atomic E-state index is 0.0806. The predicted octanol–water partition coefficient (Wildman–Crippen LogP) is 1.81. The summed E-state index contributed by atoms with van der Waals surface area (Å²) in [5, 5.41) is 11.7. The van der Waals surface area contributed by atoms with Crippen molar-refractivity contribution in [2.24, 2.45) is 0 Å². The second kappa shape index (κ2) is 5.84. The van der Waals surface area contributed by atoms with E-state index in [1.54, 1.807) is 7.05 Å². The van der Waals surface area contributed by atoms with Crippen LogP contribution in [0, 0.1) is 13.8 Å². The minimum atomic E-state index is -0.324. The fraction of sp³-hybridized carbons (Fsp3) is 0.455. The first-order chi connectivity index (χ1) is 7.95. The van der Waals surface area contributed by atoms with Crippen molar-refractivity contribution in [2.75, 3.05) is 25.5 Å². The number of urea groups is 1. The molecule has 0 spiro atoms. The summed E-state index contributed by atoms with van der Waals surface area (Å²) >= 11 is 5.97. The smallest absolute Gasteiger partial charge is 0.321 e. The number of nitrogens with one attached hydrogen (secondary N) is 1. The first-order valence-electron chi connectivity index (χ1n) is 5.22. The lowest BCUT2D eigenvalue weighted by Crippen LogP contribution is -2.33. The van der Waals surface area contributed by atoms with Gasteiger partial charge in [0.1, 0.15) is 0 Å². The molecular weight excluding hydrogens is 242 g/mol. The predicted molar refractivity (Wildman–Crippen MR) is 67.5 cm³/mol. The number of carbonyl (C=O) groups excluding carboxylic acids is 1. The van der Waals surface area contributed by atoms with Crippen LogP contribution in [-0.4, -0.2) is 41.2 Å². The summed E-state index contributed by atoms with van der Waals surface area (Å²) in [5.41, 5.74) is 2.16. The molecule has 0 fully saturated rings. The highest BCUT2D eigenvalue weighted by Gasteiger charge is 2.13. The van der Waals surface area contributed by atoms with Gasteiger partial charge in [0.2, 0.25) is 0 Å². The molecule has 1 rings (SSSR count). The summed E-state index contributed by atoms with van der Waals surface area (Å²) in [5.74, 6) is 0. The quantitative estimate of drug-likeness (QED) is 0.812. The molecule has 0 saturated carbocycles. The van der Waals surface area contributed by atoms with E-state index in [1.165, 1.54) is 4.90 Å². The van der Waals surface area contributed by atoms with Crippen molar-refractivity contribution in [1.82, 2.24) is 9.88 Å². The van der Waals surface area contributed by atoms with Crippen LogP contribution in [0.4, 0.5) is 10.5 Å². The highest BCUT2D eigenvalue weighted by atomic mass is 35.5. The van der Waals surface area contributed by atoms with E-state index in [0.29, 0.717) is 5.69 Å². The summed E-state index contributed by atoms with van der Waals surface area (Å²) < 4.78 is 0. The van der Waals surface area contributed by atoms with Crippen molar-refractivity contribution in [2.45, 2.75) is 13.8 Å². The van der Waals surface area contributed by atoms with Gasteiger partial charge in [0, 0.05) is 19.3 Å². The molecule has 0 aliphatic heterocycles. The first-order valence-corrected chi connectivity index (χ1v) is 5.60. The summed E-state index contributed by atoms with van der Waals surface area (Å²) in [4.78, 5) is 17.2. The lowest BCUT2D eigenvalue weighted by Gasteiger charge is -2.18. The van der Waals surface area contributed by atoms with Gasteiger partial charge in [0.15, 0.2) is 5.15 Å². The van der Waals surface area contributed by atoms with Crippen LogP contribution in [0.25, 0.3) is 0 Å². The average molecular weight is 258 g/mol. The Labute approximate surface area is 105 Å². The number of carbonyl (C=O) groups is 1. The molecule has 0 unspecified atom stereocenters. The molecule has 94 valence electrons. The van der Waals surface area contributed by atoms with E-state index in [0.717, 1.165) is 11.3 Å². The minimum Gasteiger partial charge on any atom is -0.395 e. The summed E-state index contributed by atoms with van der Waals surface area (Å²) in [6, 6.07) is 1.52. The van der Waals surface area contributed by atoms with E-state index in [1.807, 2.05) is 19.9 Å². The van der Waals surface area contributed by atoms with Crippen molar-refractivity contribution in [3.05, 3.63) is 22.5 Å². The molecule has 1 aromatic heterocycles. The molecule has 17 heavy (non-hydrogen) atoms. The molecule has 2 N–H and O–H groups in total. The number of likely N-dealkylation sites (N-methyl/N-ethyl adjacent to an activating group) is 1. The summed E-state index contributed by atoms with van der Waals surface area (Å²) in [6.45, 7) is 3.87. The van der Waals surface area contributed by atoms with Gasteiger partial charge in [-0.2, -0.15) is 0 Å². The fourth-order valence-electron chi connectivity index (χ4n) is 1.40. The lowest BCUT2D eigenvalue weighted by atomic mass is 10.2. The van der Waals surface area contributed by atoms with Gasteiger partial charge in [0.05, 0.1) is 12.3 Å². The Kier molecular flexibility index (Phi) is 4.72. The SMILES string of the molecule is Cc1cc(C)c(NC(=O)N(C)CCO)c(Cl)n1. The Morgan fingerprint density at radius 1 is 1.59 bits per heavy atom. The number of anilines is 1. The Morgan fingerprint density at radius 3 is 2.76 bits per heavy atom. The Bertz CT molecular complexity index is 400. The van der Waals surface area contributed by atoms with Gasteiger partial charge in [-0.05, 0) is 25.5 Å². The van der Waals surface area contributed by atoms with Crippen LogP contribution in [0.3, 0.4) is 0 Å². The van der Waals surface area contributed by atoms with Crippen molar-refractivity contribution in [1.29, 1.82) is 0 Å². The molecule has 2 amide bonds. The van der Waals surface area contributed by atoms with Crippen LogP contribution in [-0.2, 0) is 0 Å². The number of halogens is 1. The van der Waals surface area contributed by atoms with Gasteiger partial charge in [-0.15, -0.1) is 0 Å². The Balaban J connectivity index is 2.85. The third kappa shape index (κ3) is 3.57. The molecule has 1 aromatic rings. The molecule has 0 aromatic carbocycles. The number of hydrogen-bond acceptors (Lipinski definition) is 3. The summed E-state index contributed by atoms with van der Waals surface area (Å²) in [7, 11) is 1.59. The standard InChI is InChI=1S/C11H16ClN3O2/c1-7-6-8(2)13-10(12)9(7)14-11(17)15(3)4-5-16/h6,16H,4-5H2,1-3H3,(H,14,17). The van der Waals surface area contributed by atoms with E-state index in [4.69, 9.17) is 16.7 Å². The number of nitrogens with zero attached hydrogens (tertiary/aromatic N) is 2. The maximum atomic E-state index is 11.7. The van der Waals surface area contributed by atoms with Gasteiger partial charge in [-0.25, -0.2) is 9.78 Å². The number of rotatable bonds is 3. The Morgan fingerprint density at radius 2 is 2.24 bits per heavy atom. The van der Waals surface area contributed by atoms with Gasteiger partial charge >= 0.3 is 6.03 Å². The van der Waals surface area contributed by atoms with Crippen LogP contribution in [0.1, 0.15) is 11.3 Å². The monoisotopic (exact) mass is 257 g/mol. The van der Waals surface area contributed by atoms with Crippen LogP contribution < -0.4 is 5.32 Å². The largest absolute Gasteiger partial charge is 0.395 e. The van der Waals surface area contributed by atoms with Crippen molar-refractivity contribution >= 4 is 23.3 Å². The molecule has 0 saturated heterocycles. The number of pyridine rings is 1. The zero-order chi connectivity index (χ0) is 13.0. The maximum Gasteiger partial charge on any atom is 0.321 e. The molecule has 0 atom stereocenters.